The van der Waals surface area contributed by atoms with Crippen molar-refractivity contribution in [1.29, 1.82) is 0 Å². The second kappa shape index (κ2) is 11.9. The van der Waals surface area contributed by atoms with Crippen molar-refractivity contribution >= 4 is 12.0 Å². The van der Waals surface area contributed by atoms with Crippen LogP contribution in [0.3, 0.4) is 0 Å². The molecule has 1 aliphatic rings. The number of hydrogen-bond acceptors (Lipinski definition) is 9. The number of rotatable bonds is 9. The normalized spacial score (nSPS) is 19.8. The first-order valence-corrected chi connectivity index (χ1v) is 12.0. The van der Waals surface area contributed by atoms with Gasteiger partial charge in [0.15, 0.2) is 23.0 Å². The Morgan fingerprint density at radius 3 is 2.32 bits per heavy atom. The van der Waals surface area contributed by atoms with Crippen molar-refractivity contribution < 1.29 is 44.2 Å². The summed E-state index contributed by atoms with van der Waals surface area (Å²) in [6, 6.07) is 15.8. The number of aliphatic hydroxyl groups excluding tert-OH is 1. The molecule has 0 spiro atoms. The van der Waals surface area contributed by atoms with Gasteiger partial charge in [-0.1, -0.05) is 24.3 Å². The molecule has 9 heteroatoms. The van der Waals surface area contributed by atoms with E-state index in [1.165, 1.54) is 44.6 Å². The zero-order valence-corrected chi connectivity index (χ0v) is 21.0. The monoisotopic (exact) mass is 522 g/mol. The van der Waals surface area contributed by atoms with Crippen LogP contribution in [0.5, 0.6) is 28.7 Å². The standard InChI is InChI=1S/C29H30O9/c1-35-25-13-18(6-10-23(25)31)28(34)21-15-38-29(19-7-11-24(32)26(14-19)36-2)22(21)16-37-27(33)12-5-17-3-8-20(30)9-4-17/h3-14,21-22,28-32,34H,15-16H2,1-2H3/b12-5+/t21-,22-,28?,29+/m1/s1. The molecule has 4 rings (SSSR count). The molecule has 200 valence electrons. The van der Waals surface area contributed by atoms with Crippen LogP contribution in [0.2, 0.25) is 0 Å². The predicted octanol–water partition coefficient (Wildman–Crippen LogP) is 4.11. The molecule has 9 nitrogen and oxygen atoms in total. The van der Waals surface area contributed by atoms with Crippen LogP contribution in [-0.2, 0) is 14.3 Å². The van der Waals surface area contributed by atoms with Gasteiger partial charge in [0.2, 0.25) is 0 Å². The molecular weight excluding hydrogens is 492 g/mol. The number of phenolic OH excluding ortho intramolecular Hbond substituents is 3. The SMILES string of the molecule is COc1cc(C(O)[C@@H]2CO[C@@H](c3ccc(O)c(OC)c3)[C@@H]2COC(=O)/C=C/c2ccc(O)cc2)ccc1O. The van der Waals surface area contributed by atoms with Crippen LogP contribution in [-0.4, -0.2) is 53.8 Å². The molecule has 1 saturated heterocycles. The number of benzene rings is 3. The van der Waals surface area contributed by atoms with Crippen LogP contribution in [0, 0.1) is 11.8 Å². The highest BCUT2D eigenvalue weighted by molar-refractivity contribution is 5.87. The van der Waals surface area contributed by atoms with Gasteiger partial charge in [0.05, 0.1) is 39.6 Å². The molecule has 1 fully saturated rings. The number of ether oxygens (including phenoxy) is 4. The zero-order valence-electron chi connectivity index (χ0n) is 21.0. The predicted molar refractivity (Wildman–Crippen MR) is 138 cm³/mol. The highest BCUT2D eigenvalue weighted by Gasteiger charge is 2.43. The van der Waals surface area contributed by atoms with Crippen molar-refractivity contribution in [1.82, 2.24) is 0 Å². The third-order valence-electron chi connectivity index (χ3n) is 6.61. The Balaban J connectivity index is 1.56. The molecule has 1 unspecified atom stereocenters. The van der Waals surface area contributed by atoms with Gasteiger partial charge in [0.25, 0.3) is 0 Å². The number of aromatic hydroxyl groups is 3. The fourth-order valence-corrected chi connectivity index (χ4v) is 4.54. The van der Waals surface area contributed by atoms with Crippen molar-refractivity contribution in [2.45, 2.75) is 12.2 Å². The van der Waals surface area contributed by atoms with Crippen LogP contribution in [0.1, 0.15) is 28.9 Å². The van der Waals surface area contributed by atoms with E-state index in [1.807, 2.05) is 0 Å². The van der Waals surface area contributed by atoms with Gasteiger partial charge in [-0.2, -0.15) is 0 Å². The van der Waals surface area contributed by atoms with Gasteiger partial charge in [0.1, 0.15) is 5.75 Å². The molecule has 0 bridgehead atoms. The third kappa shape index (κ3) is 6.01. The largest absolute Gasteiger partial charge is 0.508 e. The van der Waals surface area contributed by atoms with Crippen LogP contribution in [0.4, 0.5) is 0 Å². The number of phenols is 3. The molecule has 0 amide bonds. The highest BCUT2D eigenvalue weighted by atomic mass is 16.5. The van der Waals surface area contributed by atoms with Gasteiger partial charge < -0.3 is 39.4 Å². The maximum atomic E-state index is 12.5. The molecule has 0 aromatic heterocycles. The van der Waals surface area contributed by atoms with Gasteiger partial charge in [-0.25, -0.2) is 4.79 Å². The Labute approximate surface area is 220 Å². The quantitative estimate of drug-likeness (QED) is 0.242. The number of methoxy groups -OCH3 is 2. The zero-order chi connectivity index (χ0) is 27.2. The van der Waals surface area contributed by atoms with E-state index in [0.717, 1.165) is 0 Å². The summed E-state index contributed by atoms with van der Waals surface area (Å²) in [4.78, 5) is 12.5. The molecule has 38 heavy (non-hydrogen) atoms. The van der Waals surface area contributed by atoms with E-state index >= 15 is 0 Å². The molecule has 0 saturated carbocycles. The maximum absolute atomic E-state index is 12.5. The summed E-state index contributed by atoms with van der Waals surface area (Å²) in [7, 11) is 2.87. The smallest absolute Gasteiger partial charge is 0.330 e. The minimum atomic E-state index is -1.01. The summed E-state index contributed by atoms with van der Waals surface area (Å²) in [5, 5.41) is 40.7. The summed E-state index contributed by atoms with van der Waals surface area (Å²) in [5.41, 5.74) is 1.92. The topological polar surface area (TPSA) is 135 Å². The lowest BCUT2D eigenvalue weighted by Crippen LogP contribution is -2.27. The first-order chi connectivity index (χ1) is 18.3. The van der Waals surface area contributed by atoms with Crippen molar-refractivity contribution in [3.05, 3.63) is 83.4 Å². The van der Waals surface area contributed by atoms with Crippen LogP contribution in [0.25, 0.3) is 6.08 Å². The maximum Gasteiger partial charge on any atom is 0.330 e. The van der Waals surface area contributed by atoms with Gasteiger partial charge >= 0.3 is 5.97 Å². The fourth-order valence-electron chi connectivity index (χ4n) is 4.54. The average molecular weight is 523 g/mol. The lowest BCUT2D eigenvalue weighted by Gasteiger charge is -2.27. The van der Waals surface area contributed by atoms with E-state index in [1.54, 1.807) is 42.5 Å². The first kappa shape index (κ1) is 26.8. The fraction of sp³-hybridized carbons (Fsp3) is 0.276. The molecule has 0 aliphatic carbocycles. The number of aliphatic hydroxyl groups is 1. The highest BCUT2D eigenvalue weighted by Crippen LogP contribution is 2.46. The number of carbonyl (C=O) groups excluding carboxylic acids is 1. The van der Waals surface area contributed by atoms with E-state index in [4.69, 9.17) is 18.9 Å². The summed E-state index contributed by atoms with van der Waals surface area (Å²) in [5.74, 6) is -0.956. The van der Waals surface area contributed by atoms with Crippen LogP contribution in [0.15, 0.2) is 66.7 Å². The molecule has 4 N–H and O–H groups in total. The summed E-state index contributed by atoms with van der Waals surface area (Å²) >= 11 is 0. The second-order valence-corrected chi connectivity index (χ2v) is 8.94. The minimum Gasteiger partial charge on any atom is -0.508 e. The molecule has 0 radical (unpaired) electrons. The number of carbonyl (C=O) groups is 1. The first-order valence-electron chi connectivity index (χ1n) is 12.0. The Hall–Kier alpha value is -4.21. The molecule has 1 heterocycles. The van der Waals surface area contributed by atoms with E-state index in [2.05, 4.69) is 0 Å². The minimum absolute atomic E-state index is 0.0237. The van der Waals surface area contributed by atoms with Crippen LogP contribution >= 0.6 is 0 Å². The summed E-state index contributed by atoms with van der Waals surface area (Å²) in [6.45, 7) is 0.118. The lowest BCUT2D eigenvalue weighted by atomic mass is 9.82. The molecular formula is C29H30O9. The Morgan fingerprint density at radius 1 is 0.974 bits per heavy atom. The van der Waals surface area contributed by atoms with Gasteiger partial charge in [-0.05, 0) is 59.2 Å². The number of hydrogen-bond donors (Lipinski definition) is 4. The van der Waals surface area contributed by atoms with Gasteiger partial charge in [-0.15, -0.1) is 0 Å². The lowest BCUT2D eigenvalue weighted by molar-refractivity contribution is -0.140. The van der Waals surface area contributed by atoms with Crippen molar-refractivity contribution in [2.75, 3.05) is 27.4 Å². The molecule has 3 aromatic rings. The van der Waals surface area contributed by atoms with E-state index in [0.29, 0.717) is 16.7 Å². The van der Waals surface area contributed by atoms with Crippen molar-refractivity contribution in [3.63, 3.8) is 0 Å². The molecule has 4 atom stereocenters. The van der Waals surface area contributed by atoms with Crippen molar-refractivity contribution in [2.24, 2.45) is 11.8 Å². The molecule has 3 aromatic carbocycles. The Bertz CT molecular complexity index is 1290. The van der Waals surface area contributed by atoms with Crippen molar-refractivity contribution in [3.8, 4) is 28.7 Å². The van der Waals surface area contributed by atoms with Gasteiger partial charge in [0, 0.05) is 17.9 Å². The van der Waals surface area contributed by atoms with E-state index in [-0.39, 0.29) is 42.0 Å². The average Bonchev–Trinajstić information content (AvgIpc) is 3.35. The summed E-state index contributed by atoms with van der Waals surface area (Å²) < 4.78 is 22.1. The number of esters is 1. The second-order valence-electron chi connectivity index (χ2n) is 8.94. The van der Waals surface area contributed by atoms with Crippen LogP contribution < -0.4 is 9.47 Å². The Kier molecular flexibility index (Phi) is 8.40. The summed E-state index contributed by atoms with van der Waals surface area (Å²) in [6.07, 6.45) is 1.29. The Morgan fingerprint density at radius 2 is 1.63 bits per heavy atom. The van der Waals surface area contributed by atoms with E-state index in [9.17, 15) is 25.2 Å². The van der Waals surface area contributed by atoms with Gasteiger partial charge in [-0.3, -0.25) is 0 Å². The third-order valence-corrected chi connectivity index (χ3v) is 6.61. The molecule has 1 aliphatic heterocycles. The van der Waals surface area contributed by atoms with E-state index < -0.39 is 30.0 Å².